The molecule has 20 heavy (non-hydrogen) atoms. The second-order valence-electron chi connectivity index (χ2n) is 4.36. The molecule has 0 saturated heterocycles. The zero-order valence-electron chi connectivity index (χ0n) is 10.8. The Balaban J connectivity index is 2.08. The zero-order valence-corrected chi connectivity index (χ0v) is 12.4. The molecule has 0 aliphatic rings. The van der Waals surface area contributed by atoms with Crippen molar-refractivity contribution >= 4 is 33.2 Å². The van der Waals surface area contributed by atoms with Gasteiger partial charge in [-0.1, -0.05) is 12.1 Å². The molecule has 5 heteroatoms. The van der Waals surface area contributed by atoms with Crippen molar-refractivity contribution in [1.29, 1.82) is 0 Å². The molecule has 0 unspecified atom stereocenters. The van der Waals surface area contributed by atoms with Crippen LogP contribution in [0.2, 0.25) is 0 Å². The van der Waals surface area contributed by atoms with Gasteiger partial charge < -0.3 is 16.2 Å². The summed E-state index contributed by atoms with van der Waals surface area (Å²) in [7, 11) is 0. The van der Waals surface area contributed by atoms with E-state index in [0.717, 1.165) is 10.0 Å². The fourth-order valence-electron chi connectivity index (χ4n) is 1.77. The molecule has 0 spiro atoms. The van der Waals surface area contributed by atoms with Crippen LogP contribution >= 0.6 is 15.9 Å². The molecule has 0 bridgehead atoms. The molecule has 2 rings (SSSR count). The van der Waals surface area contributed by atoms with Crippen molar-refractivity contribution in [3.05, 3.63) is 58.1 Å². The predicted octanol–water partition coefficient (Wildman–Crippen LogP) is 2.82. The van der Waals surface area contributed by atoms with Crippen molar-refractivity contribution < 1.29 is 9.90 Å². The summed E-state index contributed by atoms with van der Waals surface area (Å²) >= 11 is 3.29. The highest BCUT2D eigenvalue weighted by Crippen LogP contribution is 2.21. The highest BCUT2D eigenvalue weighted by Gasteiger charge is 2.07. The van der Waals surface area contributed by atoms with Gasteiger partial charge in [0, 0.05) is 28.0 Å². The van der Waals surface area contributed by atoms with Crippen molar-refractivity contribution in [2.24, 2.45) is 0 Å². The molecular formula is C15H15BrN2O2. The van der Waals surface area contributed by atoms with Gasteiger partial charge in [0.15, 0.2) is 0 Å². The number of carbonyl (C=O) groups excluding carboxylic acids is 1. The van der Waals surface area contributed by atoms with Crippen LogP contribution in [0.5, 0.6) is 0 Å². The molecule has 4 N–H and O–H groups in total. The van der Waals surface area contributed by atoms with Gasteiger partial charge in [0.25, 0.3) is 5.91 Å². The first-order valence-corrected chi connectivity index (χ1v) is 6.95. The maximum atomic E-state index is 12.1. The smallest absolute Gasteiger partial charge is 0.255 e. The summed E-state index contributed by atoms with van der Waals surface area (Å²) in [5, 5.41) is 11.6. The normalized spacial score (nSPS) is 10.3. The Morgan fingerprint density at radius 3 is 2.50 bits per heavy atom. The highest BCUT2D eigenvalue weighted by molar-refractivity contribution is 9.10. The first-order valence-electron chi connectivity index (χ1n) is 6.16. The van der Waals surface area contributed by atoms with Crippen LogP contribution in [-0.4, -0.2) is 17.6 Å². The van der Waals surface area contributed by atoms with E-state index in [0.29, 0.717) is 23.4 Å². The van der Waals surface area contributed by atoms with E-state index in [2.05, 4.69) is 21.2 Å². The third-order valence-electron chi connectivity index (χ3n) is 2.87. The van der Waals surface area contributed by atoms with Crippen LogP contribution in [0.25, 0.3) is 0 Å². The van der Waals surface area contributed by atoms with E-state index in [1.165, 1.54) is 0 Å². The molecule has 0 aliphatic heterocycles. The number of hydrogen-bond acceptors (Lipinski definition) is 3. The number of carbonyl (C=O) groups is 1. The van der Waals surface area contributed by atoms with Gasteiger partial charge in [0.2, 0.25) is 0 Å². The summed E-state index contributed by atoms with van der Waals surface area (Å²) < 4.78 is 0.766. The van der Waals surface area contributed by atoms with E-state index in [1.807, 2.05) is 24.3 Å². The molecule has 4 nitrogen and oxygen atoms in total. The van der Waals surface area contributed by atoms with Crippen LogP contribution in [0.3, 0.4) is 0 Å². The number of aliphatic hydroxyl groups is 1. The van der Waals surface area contributed by atoms with Crippen molar-refractivity contribution in [3.63, 3.8) is 0 Å². The van der Waals surface area contributed by atoms with Crippen molar-refractivity contribution in [3.8, 4) is 0 Å². The first-order chi connectivity index (χ1) is 9.60. The fourth-order valence-corrected chi connectivity index (χ4v) is 2.02. The lowest BCUT2D eigenvalue weighted by Crippen LogP contribution is -2.12. The Hall–Kier alpha value is -1.85. The number of aliphatic hydroxyl groups excluding tert-OH is 1. The second-order valence-corrected chi connectivity index (χ2v) is 5.22. The Kier molecular flexibility index (Phi) is 4.76. The molecule has 104 valence electrons. The second kappa shape index (κ2) is 6.54. The first kappa shape index (κ1) is 14.6. The van der Waals surface area contributed by atoms with Gasteiger partial charge in [0.05, 0.1) is 0 Å². The summed E-state index contributed by atoms with van der Waals surface area (Å²) in [6, 6.07) is 12.4. The van der Waals surface area contributed by atoms with Gasteiger partial charge >= 0.3 is 0 Å². The van der Waals surface area contributed by atoms with Crippen LogP contribution in [0.1, 0.15) is 15.9 Å². The molecule has 2 aromatic carbocycles. The number of nitrogen functional groups attached to an aromatic ring is 1. The van der Waals surface area contributed by atoms with Gasteiger partial charge in [-0.05, 0) is 58.2 Å². The van der Waals surface area contributed by atoms with E-state index in [4.69, 9.17) is 10.8 Å². The maximum Gasteiger partial charge on any atom is 0.255 e. The molecule has 0 saturated carbocycles. The standard InChI is InChI=1S/C15H15BrN2O2/c16-13-6-3-11(9-14(13)17)15(20)18-12-4-1-10(2-5-12)7-8-19/h1-6,9,19H,7-8,17H2,(H,18,20). The lowest BCUT2D eigenvalue weighted by molar-refractivity contribution is 0.102. The summed E-state index contributed by atoms with van der Waals surface area (Å²) in [4.78, 5) is 12.1. The monoisotopic (exact) mass is 334 g/mol. The van der Waals surface area contributed by atoms with Crippen molar-refractivity contribution in [1.82, 2.24) is 0 Å². The van der Waals surface area contributed by atoms with E-state index < -0.39 is 0 Å². The number of hydrogen-bond donors (Lipinski definition) is 3. The van der Waals surface area contributed by atoms with Crippen molar-refractivity contribution in [2.75, 3.05) is 17.7 Å². The summed E-state index contributed by atoms with van der Waals surface area (Å²) in [6.45, 7) is 0.115. The molecule has 2 aromatic rings. The average molecular weight is 335 g/mol. The molecule has 0 aliphatic carbocycles. The molecule has 1 amide bonds. The van der Waals surface area contributed by atoms with Gasteiger partial charge in [-0.15, -0.1) is 0 Å². The minimum absolute atomic E-state index is 0.115. The summed E-state index contributed by atoms with van der Waals surface area (Å²) in [5.74, 6) is -0.209. The number of benzene rings is 2. The number of nitrogens with two attached hydrogens (primary N) is 1. The fraction of sp³-hybridized carbons (Fsp3) is 0.133. The van der Waals surface area contributed by atoms with Gasteiger partial charge in [-0.3, -0.25) is 4.79 Å². The minimum atomic E-state index is -0.209. The number of rotatable bonds is 4. The number of anilines is 2. The lowest BCUT2D eigenvalue weighted by Gasteiger charge is -2.07. The lowest BCUT2D eigenvalue weighted by atomic mass is 10.1. The minimum Gasteiger partial charge on any atom is -0.398 e. The molecule has 0 atom stereocenters. The highest BCUT2D eigenvalue weighted by atomic mass is 79.9. The molecule has 0 radical (unpaired) electrons. The van der Waals surface area contributed by atoms with Crippen LogP contribution in [0.4, 0.5) is 11.4 Å². The molecular weight excluding hydrogens is 320 g/mol. The van der Waals surface area contributed by atoms with Gasteiger partial charge in [-0.25, -0.2) is 0 Å². The molecule has 0 aromatic heterocycles. The Morgan fingerprint density at radius 1 is 1.20 bits per heavy atom. The Morgan fingerprint density at radius 2 is 1.90 bits per heavy atom. The third-order valence-corrected chi connectivity index (χ3v) is 3.59. The molecule has 0 heterocycles. The van der Waals surface area contributed by atoms with Gasteiger partial charge in [-0.2, -0.15) is 0 Å². The van der Waals surface area contributed by atoms with Crippen molar-refractivity contribution in [2.45, 2.75) is 6.42 Å². The van der Waals surface area contributed by atoms with Crippen LogP contribution in [0, 0.1) is 0 Å². The Labute approximate surface area is 125 Å². The van der Waals surface area contributed by atoms with E-state index in [-0.39, 0.29) is 12.5 Å². The van der Waals surface area contributed by atoms with E-state index >= 15 is 0 Å². The molecule has 0 fully saturated rings. The zero-order chi connectivity index (χ0) is 14.5. The van der Waals surface area contributed by atoms with Crippen LogP contribution < -0.4 is 11.1 Å². The third kappa shape index (κ3) is 3.59. The van der Waals surface area contributed by atoms with Crippen LogP contribution in [0.15, 0.2) is 46.9 Å². The topological polar surface area (TPSA) is 75.4 Å². The van der Waals surface area contributed by atoms with E-state index in [1.54, 1.807) is 18.2 Å². The van der Waals surface area contributed by atoms with Crippen LogP contribution in [-0.2, 0) is 6.42 Å². The SMILES string of the molecule is Nc1cc(C(=O)Nc2ccc(CCO)cc2)ccc1Br. The predicted molar refractivity (Wildman–Crippen MR) is 83.7 cm³/mol. The number of nitrogens with one attached hydrogen (secondary N) is 1. The van der Waals surface area contributed by atoms with Gasteiger partial charge in [0.1, 0.15) is 0 Å². The Bertz CT molecular complexity index is 612. The quantitative estimate of drug-likeness (QED) is 0.752. The van der Waals surface area contributed by atoms with E-state index in [9.17, 15) is 4.79 Å². The number of amides is 1. The summed E-state index contributed by atoms with van der Waals surface area (Å²) in [5.41, 5.74) is 8.52. The number of halogens is 1. The summed E-state index contributed by atoms with van der Waals surface area (Å²) in [6.07, 6.45) is 0.609. The average Bonchev–Trinajstić information content (AvgIpc) is 2.44. The maximum absolute atomic E-state index is 12.1. The largest absolute Gasteiger partial charge is 0.398 e.